The third-order valence-electron chi connectivity index (χ3n) is 4.74. The van der Waals surface area contributed by atoms with E-state index in [1.807, 2.05) is 0 Å². The summed E-state index contributed by atoms with van der Waals surface area (Å²) in [6, 6.07) is 6.11. The molecule has 0 atom stereocenters. The molecule has 1 aromatic heterocycles. The standard InChI is InChI=1S/C18H19F2N3O3S/c1-23(27(25,26)14-4-2-9-21-11-14)12-17(24)22-18(7-3-8-18)15-6-5-13(19)10-16(15)20/h2,4-6,9-11H,3,7-8,12H2,1H3,(H,22,24). The minimum atomic E-state index is -3.87. The zero-order valence-electron chi connectivity index (χ0n) is 14.7. The van der Waals surface area contributed by atoms with Gasteiger partial charge in [-0.2, -0.15) is 4.31 Å². The highest BCUT2D eigenvalue weighted by molar-refractivity contribution is 7.89. The second kappa shape index (κ2) is 7.32. The number of sulfonamides is 1. The molecule has 1 aliphatic carbocycles. The van der Waals surface area contributed by atoms with Crippen molar-refractivity contribution in [3.05, 3.63) is 59.9 Å². The molecule has 1 amide bonds. The Labute approximate surface area is 156 Å². The Morgan fingerprint density at radius 3 is 2.59 bits per heavy atom. The highest BCUT2D eigenvalue weighted by Gasteiger charge is 2.42. The molecule has 9 heteroatoms. The number of pyridine rings is 1. The quantitative estimate of drug-likeness (QED) is 0.813. The average Bonchev–Trinajstić information content (AvgIpc) is 2.59. The molecule has 0 bridgehead atoms. The van der Waals surface area contributed by atoms with E-state index in [1.54, 1.807) is 0 Å². The van der Waals surface area contributed by atoms with E-state index in [0.717, 1.165) is 22.9 Å². The number of rotatable bonds is 6. The molecule has 27 heavy (non-hydrogen) atoms. The van der Waals surface area contributed by atoms with Crippen LogP contribution in [0.1, 0.15) is 24.8 Å². The summed E-state index contributed by atoms with van der Waals surface area (Å²) in [5.41, 5.74) is -0.727. The maximum absolute atomic E-state index is 14.2. The highest BCUT2D eigenvalue weighted by atomic mass is 32.2. The number of benzene rings is 1. The van der Waals surface area contributed by atoms with Crippen molar-refractivity contribution in [1.82, 2.24) is 14.6 Å². The van der Waals surface area contributed by atoms with Gasteiger partial charge in [-0.25, -0.2) is 17.2 Å². The molecule has 2 aromatic rings. The van der Waals surface area contributed by atoms with Crippen LogP contribution in [0.3, 0.4) is 0 Å². The second-order valence-corrected chi connectivity index (χ2v) is 8.60. The van der Waals surface area contributed by atoms with Crippen molar-refractivity contribution >= 4 is 15.9 Å². The first kappa shape index (κ1) is 19.4. The van der Waals surface area contributed by atoms with Gasteiger partial charge in [0.15, 0.2) is 0 Å². The fourth-order valence-corrected chi connectivity index (χ4v) is 4.23. The van der Waals surface area contributed by atoms with Crippen molar-refractivity contribution in [3.8, 4) is 0 Å². The van der Waals surface area contributed by atoms with E-state index >= 15 is 0 Å². The maximum Gasteiger partial charge on any atom is 0.244 e. The van der Waals surface area contributed by atoms with Crippen LogP contribution in [0.5, 0.6) is 0 Å². The van der Waals surface area contributed by atoms with Crippen LogP contribution in [-0.2, 0) is 20.4 Å². The number of halogens is 2. The fraction of sp³-hybridized carbons (Fsp3) is 0.333. The molecule has 144 valence electrons. The predicted octanol–water partition coefficient (Wildman–Crippen LogP) is 2.18. The summed E-state index contributed by atoms with van der Waals surface area (Å²) in [6.07, 6.45) is 4.43. The summed E-state index contributed by atoms with van der Waals surface area (Å²) < 4.78 is 53.2. The number of nitrogens with one attached hydrogen (secondary N) is 1. The molecule has 0 aliphatic heterocycles. The second-order valence-electron chi connectivity index (χ2n) is 6.56. The topological polar surface area (TPSA) is 79.4 Å². The van der Waals surface area contributed by atoms with E-state index < -0.39 is 39.6 Å². The number of carbonyl (C=O) groups is 1. The Bertz CT molecular complexity index is 948. The van der Waals surface area contributed by atoms with Crippen molar-refractivity contribution < 1.29 is 22.0 Å². The lowest BCUT2D eigenvalue weighted by Gasteiger charge is -2.43. The lowest BCUT2D eigenvalue weighted by Crippen LogP contribution is -2.53. The Balaban J connectivity index is 1.74. The van der Waals surface area contributed by atoms with Crippen molar-refractivity contribution in [3.63, 3.8) is 0 Å². The highest BCUT2D eigenvalue weighted by Crippen LogP contribution is 2.42. The normalized spacial score (nSPS) is 16.0. The number of likely N-dealkylation sites (N-methyl/N-ethyl adjacent to an activating group) is 1. The monoisotopic (exact) mass is 395 g/mol. The van der Waals surface area contributed by atoms with Crippen LogP contribution >= 0.6 is 0 Å². The van der Waals surface area contributed by atoms with Crippen molar-refractivity contribution in [2.24, 2.45) is 0 Å². The van der Waals surface area contributed by atoms with Crippen LogP contribution in [0, 0.1) is 11.6 Å². The van der Waals surface area contributed by atoms with Gasteiger partial charge in [-0.15, -0.1) is 0 Å². The van der Waals surface area contributed by atoms with Crippen LogP contribution in [-0.4, -0.2) is 37.2 Å². The first-order chi connectivity index (χ1) is 12.7. The molecule has 3 rings (SSSR count). The van der Waals surface area contributed by atoms with Crippen LogP contribution < -0.4 is 5.32 Å². The number of carbonyl (C=O) groups excluding carboxylic acids is 1. The molecule has 1 fully saturated rings. The minimum absolute atomic E-state index is 0.0248. The molecule has 1 aromatic carbocycles. The molecule has 0 radical (unpaired) electrons. The number of aromatic nitrogens is 1. The van der Waals surface area contributed by atoms with Gasteiger partial charge in [0.05, 0.1) is 12.1 Å². The van der Waals surface area contributed by atoms with Gasteiger partial charge in [0.2, 0.25) is 15.9 Å². The zero-order chi connectivity index (χ0) is 19.7. The molecule has 0 spiro atoms. The van der Waals surface area contributed by atoms with E-state index in [0.29, 0.717) is 12.8 Å². The maximum atomic E-state index is 14.2. The Hall–Kier alpha value is -2.39. The molecule has 0 saturated heterocycles. The largest absolute Gasteiger partial charge is 0.345 e. The Morgan fingerprint density at radius 2 is 2.04 bits per heavy atom. The molecule has 0 unspecified atom stereocenters. The summed E-state index contributed by atoms with van der Waals surface area (Å²) in [5.74, 6) is -1.99. The van der Waals surface area contributed by atoms with Gasteiger partial charge in [-0.05, 0) is 37.5 Å². The summed E-state index contributed by atoms with van der Waals surface area (Å²) in [7, 11) is -2.58. The van der Waals surface area contributed by atoms with Gasteiger partial charge < -0.3 is 5.32 Å². The van der Waals surface area contributed by atoms with E-state index in [-0.39, 0.29) is 10.5 Å². The van der Waals surface area contributed by atoms with E-state index in [4.69, 9.17) is 0 Å². The van der Waals surface area contributed by atoms with Crippen LogP contribution in [0.15, 0.2) is 47.6 Å². The van der Waals surface area contributed by atoms with Gasteiger partial charge in [0.25, 0.3) is 0 Å². The van der Waals surface area contributed by atoms with Crippen LogP contribution in [0.4, 0.5) is 8.78 Å². The Morgan fingerprint density at radius 1 is 1.30 bits per heavy atom. The first-order valence-corrected chi connectivity index (χ1v) is 9.81. The van der Waals surface area contributed by atoms with Gasteiger partial charge in [-0.1, -0.05) is 6.07 Å². The van der Waals surface area contributed by atoms with Crippen molar-refractivity contribution in [2.45, 2.75) is 29.7 Å². The van der Waals surface area contributed by atoms with Gasteiger partial charge in [-0.3, -0.25) is 9.78 Å². The lowest BCUT2D eigenvalue weighted by molar-refractivity contribution is -0.124. The summed E-state index contributed by atoms with van der Waals surface area (Å²) in [5, 5.41) is 2.74. The average molecular weight is 395 g/mol. The van der Waals surface area contributed by atoms with Gasteiger partial charge in [0.1, 0.15) is 16.5 Å². The third-order valence-corrected chi connectivity index (χ3v) is 6.53. The fourth-order valence-electron chi connectivity index (χ4n) is 3.14. The molecule has 1 N–H and O–H groups in total. The van der Waals surface area contributed by atoms with Gasteiger partial charge >= 0.3 is 0 Å². The number of nitrogens with zero attached hydrogens (tertiary/aromatic N) is 2. The number of amides is 1. The van der Waals surface area contributed by atoms with Crippen molar-refractivity contribution in [2.75, 3.05) is 13.6 Å². The number of hydrogen-bond donors (Lipinski definition) is 1. The van der Waals surface area contributed by atoms with Crippen molar-refractivity contribution in [1.29, 1.82) is 0 Å². The van der Waals surface area contributed by atoms with E-state index in [2.05, 4.69) is 10.3 Å². The summed E-state index contributed by atoms with van der Waals surface area (Å²) in [6.45, 7) is -0.429. The molecule has 1 heterocycles. The summed E-state index contributed by atoms with van der Waals surface area (Å²) >= 11 is 0. The molecule has 1 aliphatic rings. The van der Waals surface area contributed by atoms with E-state index in [9.17, 15) is 22.0 Å². The van der Waals surface area contributed by atoms with Crippen LogP contribution in [0.2, 0.25) is 0 Å². The predicted molar refractivity (Wildman–Crippen MR) is 94.1 cm³/mol. The SMILES string of the molecule is CN(CC(=O)NC1(c2ccc(F)cc2F)CCC1)S(=O)(=O)c1cccnc1. The van der Waals surface area contributed by atoms with E-state index in [1.165, 1.54) is 37.6 Å². The third kappa shape index (κ3) is 3.84. The van der Waals surface area contributed by atoms with Gasteiger partial charge in [0, 0.05) is 31.1 Å². The van der Waals surface area contributed by atoms with Crippen LogP contribution in [0.25, 0.3) is 0 Å². The zero-order valence-corrected chi connectivity index (χ0v) is 15.5. The molecular formula is C18H19F2N3O3S. The molecule has 1 saturated carbocycles. The minimum Gasteiger partial charge on any atom is -0.345 e. The smallest absolute Gasteiger partial charge is 0.244 e. The number of hydrogen-bond acceptors (Lipinski definition) is 4. The Kier molecular flexibility index (Phi) is 5.25. The first-order valence-electron chi connectivity index (χ1n) is 8.37. The summed E-state index contributed by atoms with van der Waals surface area (Å²) in [4.78, 5) is 16.2. The lowest BCUT2D eigenvalue weighted by atomic mass is 9.71. The molecular weight excluding hydrogens is 376 g/mol. The molecule has 6 nitrogen and oxygen atoms in total.